The standard InChI is InChI=1S/C11H7N5O4S/c1-15-11(13-9(17)10(18)14-15)21-7-2-3-8(16(19)20)6(4-7)5-12/h2-4H,1H3,(H,14,18). The molecule has 0 amide bonds. The molecule has 1 aromatic heterocycles. The summed E-state index contributed by atoms with van der Waals surface area (Å²) in [5, 5.41) is 22.1. The number of H-pyrrole nitrogens is 1. The molecule has 0 bridgehead atoms. The average Bonchev–Trinajstić information content (AvgIpc) is 2.44. The first-order valence-corrected chi connectivity index (χ1v) is 6.28. The Kier molecular flexibility index (Phi) is 3.86. The number of benzene rings is 1. The Labute approximate surface area is 121 Å². The lowest BCUT2D eigenvalue weighted by molar-refractivity contribution is -0.385. The Balaban J connectivity index is 2.44. The van der Waals surface area contributed by atoms with Gasteiger partial charge < -0.3 is 0 Å². The molecule has 1 aromatic carbocycles. The van der Waals surface area contributed by atoms with Crippen LogP contribution in [0.25, 0.3) is 0 Å². The highest BCUT2D eigenvalue weighted by Gasteiger charge is 2.15. The number of nitrogens with zero attached hydrogens (tertiary/aromatic N) is 4. The van der Waals surface area contributed by atoms with Crippen LogP contribution in [0.3, 0.4) is 0 Å². The van der Waals surface area contributed by atoms with Gasteiger partial charge in [0.2, 0.25) is 0 Å². The topological polar surface area (TPSA) is 135 Å². The van der Waals surface area contributed by atoms with E-state index in [2.05, 4.69) is 10.1 Å². The molecule has 21 heavy (non-hydrogen) atoms. The van der Waals surface area contributed by atoms with Gasteiger partial charge in [-0.1, -0.05) is 11.8 Å². The van der Waals surface area contributed by atoms with Crippen molar-refractivity contribution in [3.8, 4) is 6.07 Å². The van der Waals surface area contributed by atoms with E-state index in [4.69, 9.17) is 5.26 Å². The second-order valence-corrected chi connectivity index (χ2v) is 4.89. The molecular formula is C11H7N5O4S. The number of nitrogens with one attached hydrogen (secondary N) is 1. The molecule has 2 aromatic rings. The predicted molar refractivity (Wildman–Crippen MR) is 72.0 cm³/mol. The van der Waals surface area contributed by atoms with Crippen molar-refractivity contribution in [3.05, 3.63) is 54.6 Å². The van der Waals surface area contributed by atoms with Crippen LogP contribution < -0.4 is 11.1 Å². The lowest BCUT2D eigenvalue weighted by Crippen LogP contribution is -2.33. The number of hydrogen-bond acceptors (Lipinski definition) is 7. The number of nitriles is 1. The smallest absolute Gasteiger partial charge is 0.265 e. The van der Waals surface area contributed by atoms with Crippen LogP contribution in [0.15, 0.2) is 37.8 Å². The van der Waals surface area contributed by atoms with E-state index in [-0.39, 0.29) is 16.4 Å². The zero-order valence-electron chi connectivity index (χ0n) is 10.6. The van der Waals surface area contributed by atoms with Crippen molar-refractivity contribution >= 4 is 17.4 Å². The first kappa shape index (κ1) is 14.5. The molecule has 0 fully saturated rings. The number of hydrogen-bond donors (Lipinski definition) is 1. The minimum Gasteiger partial charge on any atom is -0.265 e. The van der Waals surface area contributed by atoms with E-state index >= 15 is 0 Å². The van der Waals surface area contributed by atoms with E-state index in [0.29, 0.717) is 4.90 Å². The summed E-state index contributed by atoms with van der Waals surface area (Å²) < 4.78 is 1.25. The Bertz CT molecular complexity index is 879. The summed E-state index contributed by atoms with van der Waals surface area (Å²) in [6.07, 6.45) is 0. The van der Waals surface area contributed by atoms with Gasteiger partial charge in [-0.3, -0.25) is 29.5 Å². The molecule has 0 saturated carbocycles. The van der Waals surface area contributed by atoms with Crippen molar-refractivity contribution in [2.45, 2.75) is 10.1 Å². The molecule has 2 rings (SSSR count). The van der Waals surface area contributed by atoms with Crippen LogP contribution in [0.2, 0.25) is 0 Å². The first-order valence-electron chi connectivity index (χ1n) is 5.46. The third-order valence-electron chi connectivity index (χ3n) is 2.44. The van der Waals surface area contributed by atoms with Crippen molar-refractivity contribution in [3.63, 3.8) is 0 Å². The van der Waals surface area contributed by atoms with Crippen LogP contribution >= 0.6 is 11.8 Å². The average molecular weight is 305 g/mol. The fraction of sp³-hybridized carbons (Fsp3) is 0.0909. The normalized spacial score (nSPS) is 10.1. The lowest BCUT2D eigenvalue weighted by Gasteiger charge is -2.05. The molecule has 106 valence electrons. The molecular weight excluding hydrogens is 298 g/mol. The largest absolute Gasteiger partial charge is 0.339 e. The first-order chi connectivity index (χ1) is 9.92. The SMILES string of the molecule is Cn1[nH]c(=O)c(=O)nc1Sc1ccc([N+](=O)[O-])c(C#N)c1. The van der Waals surface area contributed by atoms with Gasteiger partial charge in [0.05, 0.1) is 4.92 Å². The number of aromatic amines is 1. The van der Waals surface area contributed by atoms with E-state index in [1.807, 2.05) is 0 Å². The quantitative estimate of drug-likeness (QED) is 0.492. The maximum Gasteiger partial charge on any atom is 0.339 e. The molecule has 0 spiro atoms. The van der Waals surface area contributed by atoms with Crippen molar-refractivity contribution in [1.29, 1.82) is 5.26 Å². The fourth-order valence-electron chi connectivity index (χ4n) is 1.48. The number of nitro benzene ring substituents is 1. The van der Waals surface area contributed by atoms with Gasteiger partial charge >= 0.3 is 11.1 Å². The van der Waals surface area contributed by atoms with Gasteiger partial charge in [0.1, 0.15) is 11.6 Å². The molecule has 1 N–H and O–H groups in total. The fourth-order valence-corrected chi connectivity index (χ4v) is 2.32. The van der Waals surface area contributed by atoms with Crippen LogP contribution in [-0.2, 0) is 7.05 Å². The second kappa shape index (κ2) is 5.59. The monoisotopic (exact) mass is 305 g/mol. The Morgan fingerprint density at radius 3 is 2.81 bits per heavy atom. The summed E-state index contributed by atoms with van der Waals surface area (Å²) in [6, 6.07) is 5.69. The molecule has 0 aliphatic rings. The van der Waals surface area contributed by atoms with Gasteiger partial charge in [-0.25, -0.2) is 0 Å². The summed E-state index contributed by atoms with van der Waals surface area (Å²) in [5.74, 6) is 0. The van der Waals surface area contributed by atoms with Crippen LogP contribution in [-0.4, -0.2) is 19.7 Å². The maximum absolute atomic E-state index is 11.2. The van der Waals surface area contributed by atoms with Gasteiger partial charge in [-0.05, 0) is 12.1 Å². The van der Waals surface area contributed by atoms with Crippen molar-refractivity contribution < 1.29 is 4.92 Å². The van der Waals surface area contributed by atoms with Crippen LogP contribution in [0.5, 0.6) is 0 Å². The highest BCUT2D eigenvalue weighted by atomic mass is 32.2. The van der Waals surface area contributed by atoms with Crippen molar-refractivity contribution in [2.24, 2.45) is 7.05 Å². The van der Waals surface area contributed by atoms with Crippen LogP contribution in [0.4, 0.5) is 5.69 Å². The van der Waals surface area contributed by atoms with E-state index in [0.717, 1.165) is 11.8 Å². The minimum absolute atomic E-state index is 0.0978. The van der Waals surface area contributed by atoms with Crippen LogP contribution in [0.1, 0.15) is 5.56 Å². The zero-order chi connectivity index (χ0) is 15.6. The summed E-state index contributed by atoms with van der Waals surface area (Å²) in [4.78, 5) is 36.5. The number of aromatic nitrogens is 3. The number of aryl methyl sites for hydroxylation is 1. The van der Waals surface area contributed by atoms with Gasteiger partial charge in [-0.2, -0.15) is 10.2 Å². The van der Waals surface area contributed by atoms with Gasteiger partial charge in [-0.15, -0.1) is 0 Å². The third kappa shape index (κ3) is 2.98. The second-order valence-electron chi connectivity index (χ2n) is 3.85. The number of nitro groups is 1. The van der Waals surface area contributed by atoms with E-state index in [1.54, 1.807) is 6.07 Å². The molecule has 0 aliphatic carbocycles. The van der Waals surface area contributed by atoms with E-state index in [1.165, 1.54) is 29.9 Å². The lowest BCUT2D eigenvalue weighted by atomic mass is 10.2. The van der Waals surface area contributed by atoms with E-state index in [9.17, 15) is 19.7 Å². The minimum atomic E-state index is -0.932. The molecule has 0 unspecified atom stereocenters. The van der Waals surface area contributed by atoms with Gasteiger partial charge in [0, 0.05) is 18.0 Å². The molecule has 1 heterocycles. The molecule has 9 nitrogen and oxygen atoms in total. The Hall–Kier alpha value is -2.93. The van der Waals surface area contributed by atoms with Gasteiger partial charge in [0.25, 0.3) is 5.69 Å². The highest BCUT2D eigenvalue weighted by Crippen LogP contribution is 2.28. The summed E-state index contributed by atoms with van der Waals surface area (Å²) in [6.45, 7) is 0. The third-order valence-corrected chi connectivity index (χ3v) is 3.48. The van der Waals surface area contributed by atoms with Crippen molar-refractivity contribution in [2.75, 3.05) is 0 Å². The Morgan fingerprint density at radius 1 is 1.48 bits per heavy atom. The predicted octanol–water partition coefficient (Wildman–Crippen LogP) is 0.400. The molecule has 0 atom stereocenters. The Morgan fingerprint density at radius 2 is 2.19 bits per heavy atom. The summed E-state index contributed by atoms with van der Waals surface area (Å²) in [5.41, 5.74) is -2.18. The van der Waals surface area contributed by atoms with E-state index < -0.39 is 16.0 Å². The summed E-state index contributed by atoms with van der Waals surface area (Å²) >= 11 is 0.995. The molecule has 0 saturated heterocycles. The molecule has 0 aliphatic heterocycles. The summed E-state index contributed by atoms with van der Waals surface area (Å²) in [7, 11) is 1.49. The molecule has 10 heteroatoms. The highest BCUT2D eigenvalue weighted by molar-refractivity contribution is 7.99. The zero-order valence-corrected chi connectivity index (χ0v) is 11.4. The van der Waals surface area contributed by atoms with Crippen LogP contribution in [0, 0.1) is 21.4 Å². The van der Waals surface area contributed by atoms with Crippen molar-refractivity contribution in [1.82, 2.24) is 14.8 Å². The maximum atomic E-state index is 11.2. The van der Waals surface area contributed by atoms with Gasteiger partial charge in [0.15, 0.2) is 5.16 Å². The number of rotatable bonds is 3. The molecule has 0 radical (unpaired) electrons.